The van der Waals surface area contributed by atoms with Crippen molar-refractivity contribution in [2.75, 3.05) is 0 Å². The molecule has 2 aromatic carbocycles. The van der Waals surface area contributed by atoms with Crippen LogP contribution in [0.3, 0.4) is 0 Å². The van der Waals surface area contributed by atoms with Crippen LogP contribution in [0.5, 0.6) is 0 Å². The average molecular weight is 405 g/mol. The van der Waals surface area contributed by atoms with Gasteiger partial charge in [0.15, 0.2) is 0 Å². The molecule has 0 saturated carbocycles. The Morgan fingerprint density at radius 2 is 1.17 bits per heavy atom. The van der Waals surface area contributed by atoms with Crippen molar-refractivity contribution in [3.8, 4) is 0 Å². The van der Waals surface area contributed by atoms with Crippen LogP contribution in [0.1, 0.15) is 61.3 Å². The molecule has 2 atom stereocenters. The first-order chi connectivity index (χ1) is 13.6. The van der Waals surface area contributed by atoms with E-state index in [0.717, 1.165) is 6.42 Å². The summed E-state index contributed by atoms with van der Waals surface area (Å²) >= 11 is 0. The van der Waals surface area contributed by atoms with Gasteiger partial charge in [-0.2, -0.15) is 0 Å². The van der Waals surface area contributed by atoms with Crippen molar-refractivity contribution in [2.24, 2.45) is 5.92 Å². The number of carboxylic acids is 2. The normalized spacial score (nSPS) is 13.1. The number of carboxylic acid groups (broad SMARTS) is 2. The van der Waals surface area contributed by atoms with Crippen LogP contribution in [0.25, 0.3) is 0 Å². The number of rotatable bonds is 6. The summed E-state index contributed by atoms with van der Waals surface area (Å²) in [6.45, 7) is 7.52. The second kappa shape index (κ2) is 13.5. The zero-order chi connectivity index (χ0) is 22.4. The lowest BCUT2D eigenvalue weighted by Gasteiger charge is -2.34. The van der Waals surface area contributed by atoms with E-state index in [-0.39, 0.29) is 5.92 Å². The zero-order valence-electron chi connectivity index (χ0n) is 17.4. The van der Waals surface area contributed by atoms with Crippen molar-refractivity contribution in [3.05, 3.63) is 71.8 Å². The molecule has 2 unspecified atom stereocenters. The summed E-state index contributed by atoms with van der Waals surface area (Å²) in [4.78, 5) is 20.4. The molecule has 0 aromatic heterocycles. The van der Waals surface area contributed by atoms with Gasteiger partial charge in [-0.25, -0.2) is 9.59 Å². The van der Waals surface area contributed by atoms with Crippen LogP contribution in [0.4, 0.5) is 0 Å². The van der Waals surface area contributed by atoms with Crippen LogP contribution in [0, 0.1) is 5.92 Å². The van der Waals surface area contributed by atoms with Crippen molar-refractivity contribution in [2.45, 2.75) is 52.2 Å². The molecule has 0 heterocycles. The van der Waals surface area contributed by atoms with Crippen molar-refractivity contribution in [1.82, 2.24) is 0 Å². The van der Waals surface area contributed by atoms with Crippen LogP contribution < -0.4 is 0 Å². The molecule has 0 spiro atoms. The molecule has 0 aliphatic rings. The fourth-order valence-electron chi connectivity index (χ4n) is 2.54. The van der Waals surface area contributed by atoms with Crippen molar-refractivity contribution in [1.29, 1.82) is 0 Å². The molecule has 2 rings (SSSR count). The Balaban J connectivity index is 0.000000408. The van der Waals surface area contributed by atoms with Gasteiger partial charge in [0.05, 0.1) is 22.8 Å². The quantitative estimate of drug-likeness (QED) is 0.570. The van der Waals surface area contributed by atoms with Gasteiger partial charge in [0.2, 0.25) is 0 Å². The molecule has 0 aliphatic carbocycles. The summed E-state index contributed by atoms with van der Waals surface area (Å²) < 4.78 is 0. The van der Waals surface area contributed by atoms with Crippen LogP contribution in [-0.4, -0.2) is 44.1 Å². The molecule has 29 heavy (non-hydrogen) atoms. The maximum absolute atomic E-state index is 10.2. The van der Waals surface area contributed by atoms with Gasteiger partial charge < -0.3 is 20.4 Å². The standard InChI is InChI=1S/C9H20O2.2C7H6O2/c1-5-6-9(11,7(2)3)8(4)10;2*8-7(9)6-4-2-1-3-5-6/h7-8,10-11H,5-6H2,1-4H3;2*1-5H,(H,8,9). The maximum atomic E-state index is 10.2. The first-order valence-electron chi connectivity index (χ1n) is 9.53. The minimum atomic E-state index is -0.894. The molecule has 160 valence electrons. The summed E-state index contributed by atoms with van der Waals surface area (Å²) in [6, 6.07) is 16.6. The number of benzene rings is 2. The average Bonchev–Trinajstić information content (AvgIpc) is 2.70. The summed E-state index contributed by atoms with van der Waals surface area (Å²) in [5.74, 6) is -1.64. The number of carbonyl (C=O) groups is 2. The van der Waals surface area contributed by atoms with Gasteiger partial charge >= 0.3 is 11.9 Å². The van der Waals surface area contributed by atoms with Gasteiger partial charge in [-0.1, -0.05) is 63.6 Å². The maximum Gasteiger partial charge on any atom is 0.335 e. The first kappa shape index (κ1) is 26.3. The van der Waals surface area contributed by atoms with Crippen LogP contribution in [0.15, 0.2) is 60.7 Å². The van der Waals surface area contributed by atoms with Gasteiger partial charge in [-0.05, 0) is 43.5 Å². The van der Waals surface area contributed by atoms with Gasteiger partial charge in [0.25, 0.3) is 0 Å². The van der Waals surface area contributed by atoms with E-state index in [1.807, 2.05) is 20.8 Å². The minimum absolute atomic E-state index is 0.113. The topological polar surface area (TPSA) is 115 Å². The number of aliphatic hydroxyl groups excluding tert-OH is 1. The summed E-state index contributed by atoms with van der Waals surface area (Å²) in [6.07, 6.45) is 0.935. The molecule has 0 fully saturated rings. The number of hydrogen-bond donors (Lipinski definition) is 4. The second-order valence-electron chi connectivity index (χ2n) is 6.91. The smallest absolute Gasteiger partial charge is 0.335 e. The SMILES string of the molecule is CCCC(O)(C(C)C)C(C)O.O=C(O)c1ccccc1.O=C(O)c1ccccc1. The molecule has 6 heteroatoms. The molecule has 4 N–H and O–H groups in total. The Labute approximate surface area is 172 Å². The Kier molecular flexibility index (Phi) is 12.2. The highest BCUT2D eigenvalue weighted by molar-refractivity contribution is 5.87. The Bertz CT molecular complexity index is 653. The third kappa shape index (κ3) is 9.87. The van der Waals surface area contributed by atoms with E-state index in [4.69, 9.17) is 10.2 Å². The van der Waals surface area contributed by atoms with Crippen molar-refractivity contribution < 1.29 is 30.0 Å². The van der Waals surface area contributed by atoms with Crippen LogP contribution in [0.2, 0.25) is 0 Å². The summed E-state index contributed by atoms with van der Waals surface area (Å²) in [7, 11) is 0. The zero-order valence-corrected chi connectivity index (χ0v) is 17.4. The molecule has 0 saturated heterocycles. The van der Waals surface area contributed by atoms with Gasteiger partial charge in [-0.15, -0.1) is 0 Å². The Hall–Kier alpha value is -2.70. The van der Waals surface area contributed by atoms with E-state index in [1.165, 1.54) is 0 Å². The third-order valence-electron chi connectivity index (χ3n) is 4.42. The molecule has 6 nitrogen and oxygen atoms in total. The highest BCUT2D eigenvalue weighted by Crippen LogP contribution is 2.26. The number of aliphatic hydroxyl groups is 2. The molecule has 0 radical (unpaired) electrons. The van der Waals surface area contributed by atoms with Gasteiger partial charge in [0.1, 0.15) is 0 Å². The summed E-state index contributed by atoms with van der Waals surface area (Å²) in [5.41, 5.74) is -0.232. The van der Waals surface area contributed by atoms with Gasteiger partial charge in [-0.3, -0.25) is 0 Å². The van der Waals surface area contributed by atoms with E-state index in [9.17, 15) is 19.8 Å². The van der Waals surface area contributed by atoms with E-state index in [0.29, 0.717) is 17.5 Å². The molecule has 0 aliphatic heterocycles. The van der Waals surface area contributed by atoms with E-state index >= 15 is 0 Å². The highest BCUT2D eigenvalue weighted by Gasteiger charge is 2.34. The molecule has 2 aromatic rings. The third-order valence-corrected chi connectivity index (χ3v) is 4.42. The Morgan fingerprint density at radius 1 is 0.828 bits per heavy atom. The monoisotopic (exact) mass is 404 g/mol. The molecule has 0 bridgehead atoms. The van der Waals surface area contributed by atoms with E-state index < -0.39 is 23.6 Å². The number of aromatic carboxylic acids is 2. The second-order valence-corrected chi connectivity index (χ2v) is 6.91. The van der Waals surface area contributed by atoms with Crippen LogP contribution >= 0.6 is 0 Å². The van der Waals surface area contributed by atoms with E-state index in [2.05, 4.69) is 0 Å². The fourth-order valence-corrected chi connectivity index (χ4v) is 2.54. The largest absolute Gasteiger partial charge is 0.478 e. The predicted octanol–water partition coefficient (Wildman–Crippen LogP) is 4.32. The van der Waals surface area contributed by atoms with Gasteiger partial charge in [0, 0.05) is 0 Å². The predicted molar refractivity (Wildman–Crippen MR) is 113 cm³/mol. The fraction of sp³-hybridized carbons (Fsp3) is 0.391. The lowest BCUT2D eigenvalue weighted by Crippen LogP contribution is -2.45. The van der Waals surface area contributed by atoms with Crippen molar-refractivity contribution in [3.63, 3.8) is 0 Å². The molecular formula is C23H32O6. The number of hydrogen-bond acceptors (Lipinski definition) is 4. The Morgan fingerprint density at radius 3 is 1.31 bits per heavy atom. The lowest BCUT2D eigenvalue weighted by molar-refractivity contribution is -0.103. The minimum Gasteiger partial charge on any atom is -0.478 e. The van der Waals surface area contributed by atoms with Crippen molar-refractivity contribution >= 4 is 11.9 Å². The molecular weight excluding hydrogens is 372 g/mol. The summed E-state index contributed by atoms with van der Waals surface area (Å²) in [5, 5.41) is 36.0. The highest BCUT2D eigenvalue weighted by atomic mass is 16.4. The lowest BCUT2D eigenvalue weighted by atomic mass is 9.82. The first-order valence-corrected chi connectivity index (χ1v) is 9.53. The van der Waals surface area contributed by atoms with E-state index in [1.54, 1.807) is 67.6 Å². The van der Waals surface area contributed by atoms with Crippen LogP contribution in [-0.2, 0) is 0 Å². The molecule has 0 amide bonds.